The van der Waals surface area contributed by atoms with Crippen molar-refractivity contribution in [3.05, 3.63) is 88.5 Å². The molecule has 0 aliphatic carbocycles. The molecule has 0 radical (unpaired) electrons. The summed E-state index contributed by atoms with van der Waals surface area (Å²) in [6.45, 7) is 10.5. The zero-order valence-corrected chi connectivity index (χ0v) is 20.4. The van der Waals surface area contributed by atoms with Gasteiger partial charge < -0.3 is 10.1 Å². The number of anilines is 1. The number of aryl methyl sites for hydroxylation is 1. The van der Waals surface area contributed by atoms with Crippen molar-refractivity contribution in [2.24, 2.45) is 5.14 Å². The number of rotatable bonds is 6. The van der Waals surface area contributed by atoms with Gasteiger partial charge in [-0.05, 0) is 77.9 Å². The van der Waals surface area contributed by atoms with Gasteiger partial charge in [-0.25, -0.2) is 13.6 Å². The van der Waals surface area contributed by atoms with Crippen molar-refractivity contribution in [2.75, 3.05) is 5.32 Å². The Kier molecular flexibility index (Phi) is 6.95. The molecule has 7 heteroatoms. The van der Waals surface area contributed by atoms with Gasteiger partial charge in [-0.2, -0.15) is 0 Å². The Bertz CT molecular complexity index is 1260. The van der Waals surface area contributed by atoms with Gasteiger partial charge in [-0.3, -0.25) is 4.79 Å². The third-order valence-corrected chi connectivity index (χ3v) is 6.45. The first-order chi connectivity index (χ1) is 15.3. The number of ether oxygens (including phenoxy) is 1. The summed E-state index contributed by atoms with van der Waals surface area (Å²) in [6, 6.07) is 18.0. The lowest BCUT2D eigenvalue weighted by Crippen LogP contribution is -2.16. The van der Waals surface area contributed by atoms with Crippen LogP contribution in [0.4, 0.5) is 5.69 Å². The molecular formula is C26H30N2O4S. The molecule has 3 aromatic rings. The highest BCUT2D eigenvalue weighted by Crippen LogP contribution is 2.26. The van der Waals surface area contributed by atoms with Gasteiger partial charge in [-0.1, -0.05) is 45.0 Å². The van der Waals surface area contributed by atoms with Gasteiger partial charge >= 0.3 is 0 Å². The van der Waals surface area contributed by atoms with Gasteiger partial charge in [0.05, 0.1) is 4.90 Å². The summed E-state index contributed by atoms with van der Waals surface area (Å²) in [6.07, 6.45) is 0. The Labute approximate surface area is 195 Å². The van der Waals surface area contributed by atoms with Crippen LogP contribution in [0.15, 0.2) is 65.6 Å². The normalized spacial score (nSPS) is 11.8. The molecule has 0 saturated heterocycles. The van der Waals surface area contributed by atoms with E-state index in [4.69, 9.17) is 9.88 Å². The molecule has 0 heterocycles. The minimum absolute atomic E-state index is 0.0380. The van der Waals surface area contributed by atoms with E-state index in [2.05, 4.69) is 38.2 Å². The molecule has 0 atom stereocenters. The molecule has 3 N–H and O–H groups in total. The van der Waals surface area contributed by atoms with E-state index >= 15 is 0 Å². The summed E-state index contributed by atoms with van der Waals surface area (Å²) in [4.78, 5) is 12.7. The van der Waals surface area contributed by atoms with Crippen molar-refractivity contribution in [1.29, 1.82) is 0 Å². The molecule has 3 rings (SSSR count). The molecule has 0 saturated carbocycles. The molecule has 0 fully saturated rings. The SMILES string of the molecule is Cc1cc(S(N)(=O)=O)cc(NC(=O)c2ccc(COc3ccc(C(C)(C)C)cc3)cc2)c1C. The van der Waals surface area contributed by atoms with Crippen molar-refractivity contribution >= 4 is 21.6 Å². The summed E-state index contributed by atoms with van der Waals surface area (Å²) in [5.74, 6) is 0.444. The molecule has 6 nitrogen and oxygen atoms in total. The van der Waals surface area contributed by atoms with Crippen LogP contribution >= 0.6 is 0 Å². The highest BCUT2D eigenvalue weighted by atomic mass is 32.2. The van der Waals surface area contributed by atoms with Crippen LogP contribution in [0.5, 0.6) is 5.75 Å². The number of sulfonamides is 1. The van der Waals surface area contributed by atoms with Gasteiger partial charge in [0.25, 0.3) is 5.91 Å². The summed E-state index contributed by atoms with van der Waals surface area (Å²) in [5.41, 5.74) is 4.62. The molecule has 0 spiro atoms. The average molecular weight is 467 g/mol. The largest absolute Gasteiger partial charge is 0.489 e. The molecule has 3 aromatic carbocycles. The van der Waals surface area contributed by atoms with Crippen LogP contribution in [0.2, 0.25) is 0 Å². The molecule has 0 unspecified atom stereocenters. The highest BCUT2D eigenvalue weighted by molar-refractivity contribution is 7.89. The predicted octanol–water partition coefficient (Wildman–Crippen LogP) is 5.08. The molecule has 0 aliphatic rings. The van der Waals surface area contributed by atoms with Crippen molar-refractivity contribution in [3.63, 3.8) is 0 Å². The number of hydrogen-bond acceptors (Lipinski definition) is 4. The first-order valence-electron chi connectivity index (χ1n) is 10.6. The van der Waals surface area contributed by atoms with Crippen LogP contribution in [0.25, 0.3) is 0 Å². The lowest BCUT2D eigenvalue weighted by Gasteiger charge is -2.19. The summed E-state index contributed by atoms with van der Waals surface area (Å²) >= 11 is 0. The van der Waals surface area contributed by atoms with Crippen LogP contribution in [-0.2, 0) is 22.0 Å². The molecular weight excluding hydrogens is 436 g/mol. The number of primary sulfonamides is 1. The molecule has 33 heavy (non-hydrogen) atoms. The number of carbonyl (C=O) groups is 1. The lowest BCUT2D eigenvalue weighted by atomic mass is 9.87. The van der Waals surface area contributed by atoms with Gasteiger partial charge in [0.15, 0.2) is 0 Å². The summed E-state index contributed by atoms with van der Waals surface area (Å²) < 4.78 is 29.3. The van der Waals surface area contributed by atoms with E-state index in [-0.39, 0.29) is 16.2 Å². The van der Waals surface area contributed by atoms with Crippen molar-refractivity contribution in [1.82, 2.24) is 0 Å². The minimum atomic E-state index is -3.87. The van der Waals surface area contributed by atoms with E-state index in [1.807, 2.05) is 31.2 Å². The van der Waals surface area contributed by atoms with Crippen molar-refractivity contribution in [2.45, 2.75) is 51.5 Å². The minimum Gasteiger partial charge on any atom is -0.489 e. The lowest BCUT2D eigenvalue weighted by molar-refractivity contribution is 0.102. The van der Waals surface area contributed by atoms with E-state index in [1.165, 1.54) is 17.7 Å². The number of nitrogens with one attached hydrogen (secondary N) is 1. The Hall–Kier alpha value is -3.16. The fourth-order valence-electron chi connectivity index (χ4n) is 3.28. The molecule has 0 aromatic heterocycles. The number of nitrogens with two attached hydrogens (primary N) is 1. The number of benzene rings is 3. The highest BCUT2D eigenvalue weighted by Gasteiger charge is 2.15. The molecule has 1 amide bonds. The topological polar surface area (TPSA) is 98.5 Å². The Morgan fingerprint density at radius 3 is 2.12 bits per heavy atom. The Morgan fingerprint density at radius 2 is 1.58 bits per heavy atom. The fraction of sp³-hybridized carbons (Fsp3) is 0.269. The molecule has 0 aliphatic heterocycles. The molecule has 174 valence electrons. The van der Waals surface area contributed by atoms with Crippen molar-refractivity contribution in [3.8, 4) is 5.75 Å². The van der Waals surface area contributed by atoms with Crippen LogP contribution in [-0.4, -0.2) is 14.3 Å². The second kappa shape index (κ2) is 9.37. The predicted molar refractivity (Wildman–Crippen MR) is 131 cm³/mol. The summed E-state index contributed by atoms with van der Waals surface area (Å²) in [5, 5.41) is 8.03. The third-order valence-electron chi connectivity index (χ3n) is 5.56. The summed E-state index contributed by atoms with van der Waals surface area (Å²) in [7, 11) is -3.87. The third kappa shape index (κ3) is 6.21. The Morgan fingerprint density at radius 1 is 0.970 bits per heavy atom. The van der Waals surface area contributed by atoms with E-state index in [1.54, 1.807) is 19.1 Å². The zero-order valence-electron chi connectivity index (χ0n) is 19.6. The smallest absolute Gasteiger partial charge is 0.255 e. The fourth-order valence-corrected chi connectivity index (χ4v) is 3.91. The van der Waals surface area contributed by atoms with E-state index in [0.29, 0.717) is 17.9 Å². The number of amides is 1. The van der Waals surface area contributed by atoms with Crippen molar-refractivity contribution < 1.29 is 17.9 Å². The molecule has 0 bridgehead atoms. The number of carbonyl (C=O) groups excluding carboxylic acids is 1. The quantitative estimate of drug-likeness (QED) is 0.529. The first-order valence-corrected chi connectivity index (χ1v) is 12.2. The van der Waals surface area contributed by atoms with E-state index in [9.17, 15) is 13.2 Å². The monoisotopic (exact) mass is 466 g/mol. The first kappa shape index (κ1) is 24.5. The van der Waals surface area contributed by atoms with Gasteiger partial charge in [0, 0.05) is 11.3 Å². The van der Waals surface area contributed by atoms with Gasteiger partial charge in [0.2, 0.25) is 10.0 Å². The second-order valence-corrected chi connectivity index (χ2v) is 10.7. The van der Waals surface area contributed by atoms with Gasteiger partial charge in [-0.15, -0.1) is 0 Å². The van der Waals surface area contributed by atoms with Crippen LogP contribution < -0.4 is 15.2 Å². The van der Waals surface area contributed by atoms with Crippen LogP contribution in [0.1, 0.15) is 53.4 Å². The second-order valence-electron chi connectivity index (χ2n) is 9.17. The maximum Gasteiger partial charge on any atom is 0.255 e. The number of hydrogen-bond donors (Lipinski definition) is 2. The standard InChI is InChI=1S/C26H30N2O4S/c1-17-14-23(33(27,30)31)15-24(18(17)2)28-25(29)20-8-6-19(7-9-20)16-32-22-12-10-21(11-13-22)26(3,4)5/h6-15H,16H2,1-5H3,(H,28,29)(H2,27,30,31). The zero-order chi connectivity index (χ0) is 24.4. The van der Waals surface area contributed by atoms with E-state index in [0.717, 1.165) is 22.4 Å². The van der Waals surface area contributed by atoms with E-state index < -0.39 is 10.0 Å². The van der Waals surface area contributed by atoms with Crippen LogP contribution in [0, 0.1) is 13.8 Å². The average Bonchev–Trinajstić information content (AvgIpc) is 2.74. The van der Waals surface area contributed by atoms with Crippen LogP contribution in [0.3, 0.4) is 0 Å². The Balaban J connectivity index is 1.67. The maximum atomic E-state index is 12.7. The van der Waals surface area contributed by atoms with Gasteiger partial charge in [0.1, 0.15) is 12.4 Å². The maximum absolute atomic E-state index is 12.7.